The fourth-order valence-electron chi connectivity index (χ4n) is 0.983. The van der Waals surface area contributed by atoms with Gasteiger partial charge in [-0.3, -0.25) is 13.8 Å². The molecule has 0 rings (SSSR count). The molecule has 0 aromatic carbocycles. The van der Waals surface area contributed by atoms with Crippen LogP contribution in [0.4, 0.5) is 0 Å². The Hall–Kier alpha value is -0.904. The smallest absolute Gasteiger partial charge is 1.00 e. The van der Waals surface area contributed by atoms with Crippen molar-refractivity contribution >= 4 is 45.0 Å². The molecule has 0 radical (unpaired) electrons. The molecule has 2 N–H and O–H groups in total. The van der Waals surface area contributed by atoms with E-state index in [1.807, 2.05) is 0 Å². The number of carbonyl (C=O) groups is 2. The molecule has 0 spiro atoms. The first-order chi connectivity index (χ1) is 9.15. The van der Waals surface area contributed by atoms with Crippen LogP contribution in [-0.4, -0.2) is 68.7 Å². The molecule has 9 heteroatoms. The van der Waals surface area contributed by atoms with E-state index in [9.17, 15) is 18.0 Å². The van der Waals surface area contributed by atoms with Gasteiger partial charge in [-0.25, -0.2) is 0 Å². The van der Waals surface area contributed by atoms with Crippen molar-refractivity contribution in [3.8, 4) is 0 Å². The molecule has 2 amide bonds. The van der Waals surface area contributed by atoms with Crippen molar-refractivity contribution in [2.24, 2.45) is 0 Å². The van der Waals surface area contributed by atoms with Crippen LogP contribution in [0.25, 0.3) is 0 Å². The number of hydrogen-bond donors (Lipinski definition) is 2. The van der Waals surface area contributed by atoms with Crippen LogP contribution >= 0.6 is 0 Å². The second-order valence-corrected chi connectivity index (χ2v) is 5.92. The molecule has 0 unspecified atom stereocenters. The molecule has 0 aromatic rings. The first kappa shape index (κ1) is 22.4. The zero-order chi connectivity index (χ0) is 15.8. The molecule has 0 saturated carbocycles. The van der Waals surface area contributed by atoms with Crippen LogP contribution in [0.3, 0.4) is 0 Å². The van der Waals surface area contributed by atoms with Gasteiger partial charge in [-0.15, -0.1) is 0 Å². The summed E-state index contributed by atoms with van der Waals surface area (Å²) in [5, 5.41) is 4.82. The van der Waals surface area contributed by atoms with Crippen LogP contribution in [0.5, 0.6) is 0 Å². The van der Waals surface area contributed by atoms with E-state index >= 15 is 0 Å². The monoisotopic (exact) mass is 330 g/mol. The van der Waals surface area contributed by atoms with Crippen LogP contribution in [0.15, 0.2) is 24.3 Å². The van der Waals surface area contributed by atoms with Gasteiger partial charge in [0.25, 0.3) is 10.1 Å². The van der Waals surface area contributed by atoms with E-state index < -0.39 is 16.0 Å². The SMILES string of the molecule is C=C(C)C(=O)NCCOS(=O)(=O)CCNC(=O)C(=C)C.[H-].[H-].[Mg+2]. The second kappa shape index (κ2) is 10.8. The predicted molar refractivity (Wildman–Crippen MR) is 83.4 cm³/mol. The largest absolute Gasteiger partial charge is 2.00 e. The number of nitrogens with one attached hydrogen (secondary N) is 2. The summed E-state index contributed by atoms with van der Waals surface area (Å²) in [6.45, 7) is 9.74. The minimum atomic E-state index is -3.74. The van der Waals surface area contributed by atoms with E-state index in [-0.39, 0.29) is 57.3 Å². The fourth-order valence-corrected chi connectivity index (χ4v) is 1.79. The van der Waals surface area contributed by atoms with Crippen LogP contribution in [0, 0.1) is 0 Å². The maximum absolute atomic E-state index is 11.4. The van der Waals surface area contributed by atoms with Gasteiger partial charge in [0.1, 0.15) is 0 Å². The Morgan fingerprint density at radius 3 is 1.90 bits per heavy atom. The van der Waals surface area contributed by atoms with Crippen molar-refractivity contribution in [1.29, 1.82) is 0 Å². The zero-order valence-electron chi connectivity index (χ0n) is 14.4. The van der Waals surface area contributed by atoms with E-state index in [0.29, 0.717) is 11.1 Å². The third-order valence-electron chi connectivity index (χ3n) is 2.06. The van der Waals surface area contributed by atoms with E-state index in [1.165, 1.54) is 13.8 Å². The summed E-state index contributed by atoms with van der Waals surface area (Å²) in [6, 6.07) is 0. The van der Waals surface area contributed by atoms with E-state index in [4.69, 9.17) is 0 Å². The average molecular weight is 331 g/mol. The summed E-state index contributed by atoms with van der Waals surface area (Å²) in [5.74, 6) is -1.12. The van der Waals surface area contributed by atoms with E-state index in [0.717, 1.165) is 0 Å². The Balaban J connectivity index is -0.000000602. The molecule has 0 atom stereocenters. The van der Waals surface area contributed by atoms with Crippen molar-refractivity contribution in [2.45, 2.75) is 13.8 Å². The number of carbonyl (C=O) groups excluding carboxylic acids is 2. The van der Waals surface area contributed by atoms with Crippen molar-refractivity contribution in [3.63, 3.8) is 0 Å². The molecule has 0 aliphatic heterocycles. The normalized spacial score (nSPS) is 10.2. The second-order valence-electron chi connectivity index (χ2n) is 4.16. The van der Waals surface area contributed by atoms with Gasteiger partial charge in [0.05, 0.1) is 12.4 Å². The van der Waals surface area contributed by atoms with Crippen LogP contribution in [0.2, 0.25) is 0 Å². The van der Waals surface area contributed by atoms with Gasteiger partial charge in [0, 0.05) is 24.2 Å². The van der Waals surface area contributed by atoms with Crippen molar-refractivity contribution in [2.75, 3.05) is 25.4 Å². The minimum Gasteiger partial charge on any atom is -1.00 e. The topological polar surface area (TPSA) is 102 Å². The minimum absolute atomic E-state index is 0. The first-order valence-corrected chi connectivity index (χ1v) is 7.48. The number of hydrogen-bond acceptors (Lipinski definition) is 5. The van der Waals surface area contributed by atoms with Crippen LogP contribution in [0.1, 0.15) is 16.7 Å². The Kier molecular flexibility index (Phi) is 11.5. The van der Waals surface area contributed by atoms with Crippen LogP contribution < -0.4 is 10.6 Å². The first-order valence-electron chi connectivity index (χ1n) is 5.90. The van der Waals surface area contributed by atoms with Gasteiger partial charge < -0.3 is 13.5 Å². The third-order valence-corrected chi connectivity index (χ3v) is 3.29. The molecular formula is C12H22MgN2O5S. The summed E-state index contributed by atoms with van der Waals surface area (Å²) in [6.07, 6.45) is 0. The molecular weight excluding hydrogens is 309 g/mol. The molecule has 0 fully saturated rings. The third kappa shape index (κ3) is 11.4. The number of rotatable bonds is 9. The molecule has 0 aromatic heterocycles. The molecule has 0 aliphatic rings. The quantitative estimate of drug-likeness (QED) is 0.258. The molecule has 0 heterocycles. The summed E-state index contributed by atoms with van der Waals surface area (Å²) >= 11 is 0. The summed E-state index contributed by atoms with van der Waals surface area (Å²) in [4.78, 5) is 22.2. The number of amides is 2. The molecule has 118 valence electrons. The van der Waals surface area contributed by atoms with Crippen molar-refractivity contribution in [1.82, 2.24) is 10.6 Å². The van der Waals surface area contributed by atoms with Crippen molar-refractivity contribution in [3.05, 3.63) is 24.3 Å². The molecule has 0 bridgehead atoms. The van der Waals surface area contributed by atoms with Gasteiger partial charge in [-0.1, -0.05) is 13.2 Å². The maximum atomic E-state index is 11.4. The van der Waals surface area contributed by atoms with E-state index in [1.54, 1.807) is 0 Å². The Labute approximate surface area is 144 Å². The summed E-state index contributed by atoms with van der Waals surface area (Å²) in [7, 11) is -3.74. The van der Waals surface area contributed by atoms with Gasteiger partial charge in [-0.2, -0.15) is 8.42 Å². The Morgan fingerprint density at radius 1 is 1.05 bits per heavy atom. The maximum Gasteiger partial charge on any atom is 2.00 e. The standard InChI is InChI=1S/C12H20N2O5S.Mg.2H/c1-9(2)11(15)13-5-7-19-20(17,18)8-6-14-12(16)10(3)4;;;/h1,3,5-8H2,2,4H3,(H,13,15)(H,14,16);;;/q;+2;2*-1. The van der Waals surface area contributed by atoms with E-state index in [2.05, 4.69) is 28.0 Å². The average Bonchev–Trinajstić information content (AvgIpc) is 2.33. The Morgan fingerprint density at radius 2 is 1.48 bits per heavy atom. The molecule has 21 heavy (non-hydrogen) atoms. The van der Waals surface area contributed by atoms with Crippen LogP contribution in [-0.2, 0) is 23.9 Å². The van der Waals surface area contributed by atoms with Gasteiger partial charge >= 0.3 is 23.1 Å². The van der Waals surface area contributed by atoms with Gasteiger partial charge in [-0.05, 0) is 13.8 Å². The van der Waals surface area contributed by atoms with Crippen molar-refractivity contribution < 1.29 is 25.0 Å². The Bertz CT molecular complexity index is 512. The molecule has 7 nitrogen and oxygen atoms in total. The molecule has 0 saturated heterocycles. The fraction of sp³-hybridized carbons (Fsp3) is 0.500. The molecule has 0 aliphatic carbocycles. The predicted octanol–water partition coefficient (Wildman–Crippen LogP) is -0.438. The zero-order valence-corrected chi connectivity index (χ0v) is 14.6. The summed E-state index contributed by atoms with van der Waals surface area (Å²) < 4.78 is 27.5. The van der Waals surface area contributed by atoms with Gasteiger partial charge in [0.15, 0.2) is 0 Å². The van der Waals surface area contributed by atoms with Gasteiger partial charge in [0.2, 0.25) is 11.8 Å². The summed E-state index contributed by atoms with van der Waals surface area (Å²) in [5.41, 5.74) is 0.626.